The number of nitrogens with zero attached hydrogens (tertiary/aromatic N) is 1. The van der Waals surface area contributed by atoms with Crippen LogP contribution in [-0.2, 0) is 6.61 Å². The molecule has 0 fully saturated rings. The fourth-order valence-electron chi connectivity index (χ4n) is 1.62. The van der Waals surface area contributed by atoms with Crippen molar-refractivity contribution in [3.05, 3.63) is 52.7 Å². The molecule has 0 saturated carbocycles. The Kier molecular flexibility index (Phi) is 4.42. The van der Waals surface area contributed by atoms with Crippen LogP contribution in [-0.4, -0.2) is 23.2 Å². The predicted octanol–water partition coefficient (Wildman–Crippen LogP) is 3.02. The van der Waals surface area contributed by atoms with E-state index in [2.05, 4.69) is 4.98 Å². The molecule has 2 aromatic rings. The van der Waals surface area contributed by atoms with Crippen LogP contribution in [0.3, 0.4) is 0 Å². The number of methoxy groups -OCH3 is 1. The molecule has 1 heterocycles. The highest BCUT2D eigenvalue weighted by atomic mass is 35.5. The van der Waals surface area contributed by atoms with Crippen molar-refractivity contribution >= 4 is 17.6 Å². The van der Waals surface area contributed by atoms with Crippen molar-refractivity contribution in [2.45, 2.75) is 6.61 Å². The number of carboxylic acids is 1. The number of benzene rings is 1. The van der Waals surface area contributed by atoms with E-state index in [0.717, 1.165) is 5.56 Å². The molecule has 0 aliphatic heterocycles. The van der Waals surface area contributed by atoms with E-state index >= 15 is 0 Å². The van der Waals surface area contributed by atoms with Gasteiger partial charge in [-0.2, -0.15) is 0 Å². The quantitative estimate of drug-likeness (QED) is 0.917. The number of hydrogen-bond donors (Lipinski definition) is 1. The molecule has 1 aromatic heterocycles. The van der Waals surface area contributed by atoms with Gasteiger partial charge in [0, 0.05) is 6.20 Å². The lowest BCUT2D eigenvalue weighted by Gasteiger charge is -2.10. The zero-order valence-electron chi connectivity index (χ0n) is 10.7. The standard InChI is InChI=1S/C14H12ClNO4/c1-19-13-10(3-2-6-16-13)8-20-12-5-4-9(14(17)18)7-11(12)15/h2-7H,8H2,1H3,(H,17,18). The van der Waals surface area contributed by atoms with Crippen LogP contribution in [0.15, 0.2) is 36.5 Å². The summed E-state index contributed by atoms with van der Waals surface area (Å²) in [7, 11) is 1.53. The van der Waals surface area contributed by atoms with Gasteiger partial charge in [0.2, 0.25) is 5.88 Å². The molecule has 1 N–H and O–H groups in total. The highest BCUT2D eigenvalue weighted by molar-refractivity contribution is 6.32. The smallest absolute Gasteiger partial charge is 0.335 e. The first-order valence-corrected chi connectivity index (χ1v) is 6.13. The summed E-state index contributed by atoms with van der Waals surface area (Å²) in [5, 5.41) is 9.10. The number of hydrogen-bond acceptors (Lipinski definition) is 4. The Bertz CT molecular complexity index is 630. The van der Waals surface area contributed by atoms with Gasteiger partial charge in [0.25, 0.3) is 0 Å². The molecule has 104 valence electrons. The minimum absolute atomic E-state index is 0.112. The van der Waals surface area contributed by atoms with E-state index in [0.29, 0.717) is 11.6 Å². The summed E-state index contributed by atoms with van der Waals surface area (Å²) in [6, 6.07) is 7.90. The second kappa shape index (κ2) is 6.25. The van der Waals surface area contributed by atoms with Crippen molar-refractivity contribution in [2.24, 2.45) is 0 Å². The molecular formula is C14H12ClNO4. The number of aromatic nitrogens is 1. The van der Waals surface area contributed by atoms with Crippen molar-refractivity contribution in [1.82, 2.24) is 4.98 Å². The van der Waals surface area contributed by atoms with Gasteiger partial charge in [-0.15, -0.1) is 0 Å². The summed E-state index contributed by atoms with van der Waals surface area (Å²) in [6.07, 6.45) is 1.62. The number of carboxylic acid groups (broad SMARTS) is 1. The number of rotatable bonds is 5. The average molecular weight is 294 g/mol. The van der Waals surface area contributed by atoms with Gasteiger partial charge in [0.05, 0.1) is 23.3 Å². The Morgan fingerprint density at radius 1 is 1.40 bits per heavy atom. The second-order valence-corrected chi connectivity index (χ2v) is 4.32. The summed E-state index contributed by atoms with van der Waals surface area (Å²) >= 11 is 5.98. The number of halogens is 1. The summed E-state index contributed by atoms with van der Waals surface area (Å²) in [4.78, 5) is 14.9. The molecule has 0 radical (unpaired) electrons. The molecule has 20 heavy (non-hydrogen) atoms. The van der Waals surface area contributed by atoms with Gasteiger partial charge in [-0.3, -0.25) is 0 Å². The predicted molar refractivity (Wildman–Crippen MR) is 73.5 cm³/mol. The molecule has 0 unspecified atom stereocenters. The van der Waals surface area contributed by atoms with E-state index in [4.69, 9.17) is 26.2 Å². The fraction of sp³-hybridized carbons (Fsp3) is 0.143. The average Bonchev–Trinajstić information content (AvgIpc) is 2.46. The van der Waals surface area contributed by atoms with Gasteiger partial charge in [0.1, 0.15) is 12.4 Å². The third-order valence-corrected chi connectivity index (χ3v) is 2.90. The van der Waals surface area contributed by atoms with Crippen LogP contribution in [0.4, 0.5) is 0 Å². The maximum atomic E-state index is 10.8. The lowest BCUT2D eigenvalue weighted by atomic mass is 10.2. The number of carbonyl (C=O) groups is 1. The Hall–Kier alpha value is -2.27. The van der Waals surface area contributed by atoms with Gasteiger partial charge in [0.15, 0.2) is 0 Å². The SMILES string of the molecule is COc1ncccc1COc1ccc(C(=O)O)cc1Cl. The topological polar surface area (TPSA) is 68.7 Å². The van der Waals surface area contributed by atoms with E-state index in [1.165, 1.54) is 25.3 Å². The minimum atomic E-state index is -1.03. The molecule has 0 amide bonds. The Labute approximate surface area is 120 Å². The highest BCUT2D eigenvalue weighted by Crippen LogP contribution is 2.27. The van der Waals surface area contributed by atoms with Crippen molar-refractivity contribution in [3.8, 4) is 11.6 Å². The van der Waals surface area contributed by atoms with Crippen LogP contribution in [0.2, 0.25) is 5.02 Å². The first-order valence-electron chi connectivity index (χ1n) is 5.75. The highest BCUT2D eigenvalue weighted by Gasteiger charge is 2.09. The molecular weight excluding hydrogens is 282 g/mol. The van der Waals surface area contributed by atoms with E-state index in [1.807, 2.05) is 6.07 Å². The third kappa shape index (κ3) is 3.19. The minimum Gasteiger partial charge on any atom is -0.487 e. The van der Waals surface area contributed by atoms with E-state index in [1.54, 1.807) is 12.3 Å². The van der Waals surface area contributed by atoms with E-state index in [9.17, 15) is 4.79 Å². The van der Waals surface area contributed by atoms with Crippen LogP contribution in [0, 0.1) is 0 Å². The summed E-state index contributed by atoms with van der Waals surface area (Å²) in [5.41, 5.74) is 0.884. The monoisotopic (exact) mass is 293 g/mol. The van der Waals surface area contributed by atoms with Crippen LogP contribution in [0.1, 0.15) is 15.9 Å². The fourth-order valence-corrected chi connectivity index (χ4v) is 1.86. The van der Waals surface area contributed by atoms with Crippen molar-refractivity contribution in [2.75, 3.05) is 7.11 Å². The zero-order valence-corrected chi connectivity index (χ0v) is 11.4. The summed E-state index contributed by atoms with van der Waals surface area (Å²) in [5.74, 6) is -0.152. The Morgan fingerprint density at radius 3 is 2.85 bits per heavy atom. The molecule has 0 saturated heterocycles. The van der Waals surface area contributed by atoms with Crippen LogP contribution in [0.25, 0.3) is 0 Å². The zero-order chi connectivity index (χ0) is 14.5. The molecule has 0 spiro atoms. The van der Waals surface area contributed by atoms with Gasteiger partial charge in [-0.05, 0) is 30.3 Å². The second-order valence-electron chi connectivity index (χ2n) is 3.91. The lowest BCUT2D eigenvalue weighted by Crippen LogP contribution is -2.01. The first kappa shape index (κ1) is 14.1. The first-order chi connectivity index (χ1) is 9.61. The molecule has 5 nitrogen and oxygen atoms in total. The van der Waals surface area contributed by atoms with Crippen molar-refractivity contribution in [3.63, 3.8) is 0 Å². The Balaban J connectivity index is 2.13. The molecule has 0 aliphatic rings. The van der Waals surface area contributed by atoms with Gasteiger partial charge >= 0.3 is 5.97 Å². The normalized spacial score (nSPS) is 10.1. The number of ether oxygens (including phenoxy) is 2. The molecule has 0 aliphatic carbocycles. The van der Waals surface area contributed by atoms with Crippen LogP contribution in [0.5, 0.6) is 11.6 Å². The number of aromatic carboxylic acids is 1. The van der Waals surface area contributed by atoms with E-state index < -0.39 is 5.97 Å². The molecule has 1 aromatic carbocycles. The number of pyridine rings is 1. The lowest BCUT2D eigenvalue weighted by molar-refractivity contribution is 0.0697. The van der Waals surface area contributed by atoms with E-state index in [-0.39, 0.29) is 17.2 Å². The molecule has 2 rings (SSSR count). The van der Waals surface area contributed by atoms with Crippen LogP contribution >= 0.6 is 11.6 Å². The maximum absolute atomic E-state index is 10.8. The van der Waals surface area contributed by atoms with Crippen LogP contribution < -0.4 is 9.47 Å². The molecule has 6 heteroatoms. The van der Waals surface area contributed by atoms with Crippen molar-refractivity contribution in [1.29, 1.82) is 0 Å². The molecule has 0 bridgehead atoms. The molecule has 0 atom stereocenters. The largest absolute Gasteiger partial charge is 0.487 e. The van der Waals surface area contributed by atoms with Crippen molar-refractivity contribution < 1.29 is 19.4 Å². The third-order valence-electron chi connectivity index (χ3n) is 2.61. The maximum Gasteiger partial charge on any atom is 0.335 e. The summed E-state index contributed by atoms with van der Waals surface area (Å²) in [6.45, 7) is 0.225. The van der Waals surface area contributed by atoms with Gasteiger partial charge in [-0.25, -0.2) is 9.78 Å². The summed E-state index contributed by atoms with van der Waals surface area (Å²) < 4.78 is 10.7. The Morgan fingerprint density at radius 2 is 2.20 bits per heavy atom. The van der Waals surface area contributed by atoms with Gasteiger partial charge < -0.3 is 14.6 Å². The van der Waals surface area contributed by atoms with Gasteiger partial charge in [-0.1, -0.05) is 11.6 Å².